The fourth-order valence-corrected chi connectivity index (χ4v) is 4.90. The molecule has 0 aliphatic carbocycles. The lowest BCUT2D eigenvalue weighted by molar-refractivity contribution is -0.384. The van der Waals surface area contributed by atoms with Crippen molar-refractivity contribution in [2.45, 2.75) is 65.3 Å². The van der Waals surface area contributed by atoms with Crippen molar-refractivity contribution in [2.75, 3.05) is 6.61 Å². The Morgan fingerprint density at radius 3 is 2.04 bits per heavy atom. The zero-order valence-corrected chi connectivity index (χ0v) is 17.3. The molecular formula is C18H28NO7P. The topological polar surface area (TPSA) is 105 Å². The molecule has 0 aliphatic rings. The minimum absolute atomic E-state index is 0.0429. The van der Waals surface area contributed by atoms with E-state index in [1.807, 2.05) is 6.92 Å². The monoisotopic (exact) mass is 401 g/mol. The Morgan fingerprint density at radius 1 is 1.11 bits per heavy atom. The lowest BCUT2D eigenvalue weighted by Gasteiger charge is -2.29. The Morgan fingerprint density at radius 2 is 1.63 bits per heavy atom. The molecule has 152 valence electrons. The normalized spacial score (nSPS) is 13.0. The first-order valence-electron chi connectivity index (χ1n) is 8.97. The summed E-state index contributed by atoms with van der Waals surface area (Å²) < 4.78 is 29.6. The second-order valence-electron chi connectivity index (χ2n) is 6.64. The van der Waals surface area contributed by atoms with Crippen LogP contribution in [0.15, 0.2) is 24.3 Å². The quantitative estimate of drug-likeness (QED) is 0.223. The lowest BCUT2D eigenvalue weighted by Crippen LogP contribution is -2.20. The van der Waals surface area contributed by atoms with Crippen LogP contribution in [-0.2, 0) is 18.3 Å². The Kier molecular flexibility index (Phi) is 9.09. The smallest absolute Gasteiger partial charge is 0.338 e. The first kappa shape index (κ1) is 23.3. The zero-order valence-electron chi connectivity index (χ0n) is 16.4. The van der Waals surface area contributed by atoms with E-state index in [0.717, 1.165) is 0 Å². The Hall–Kier alpha value is -1.76. The van der Waals surface area contributed by atoms with Crippen molar-refractivity contribution in [1.82, 2.24) is 0 Å². The summed E-state index contributed by atoms with van der Waals surface area (Å²) in [4.78, 5) is 22.2. The molecule has 0 amide bonds. The molecule has 8 nitrogen and oxygen atoms in total. The van der Waals surface area contributed by atoms with Gasteiger partial charge in [0.25, 0.3) is 5.69 Å². The highest BCUT2D eigenvalue weighted by Crippen LogP contribution is 2.57. The number of carbonyl (C=O) groups is 1. The van der Waals surface area contributed by atoms with Gasteiger partial charge in [0.15, 0.2) is 0 Å². The Labute approximate surface area is 159 Å². The number of ether oxygens (including phenoxy) is 1. The van der Waals surface area contributed by atoms with Crippen LogP contribution in [-0.4, -0.2) is 35.4 Å². The number of nitro groups is 1. The molecule has 0 heterocycles. The number of nitro benzene ring substituents is 1. The molecule has 0 bridgehead atoms. The van der Waals surface area contributed by atoms with Crippen LogP contribution in [0.25, 0.3) is 0 Å². The van der Waals surface area contributed by atoms with Gasteiger partial charge in [0.1, 0.15) is 0 Å². The number of rotatable bonds is 11. The van der Waals surface area contributed by atoms with Gasteiger partial charge in [-0.2, -0.15) is 0 Å². The van der Waals surface area contributed by atoms with E-state index < -0.39 is 24.1 Å². The maximum absolute atomic E-state index is 13.2. The van der Waals surface area contributed by atoms with Crippen LogP contribution in [0.4, 0.5) is 5.69 Å². The molecule has 1 aromatic carbocycles. The number of hydrogen-bond donors (Lipinski definition) is 0. The van der Waals surface area contributed by atoms with E-state index in [1.54, 1.807) is 27.7 Å². The lowest BCUT2D eigenvalue weighted by atomic mass is 10.2. The third kappa shape index (κ3) is 7.40. The Bertz CT molecular complexity index is 659. The average molecular weight is 401 g/mol. The third-order valence-corrected chi connectivity index (χ3v) is 6.58. The van der Waals surface area contributed by atoms with Gasteiger partial charge in [-0.3, -0.25) is 14.7 Å². The molecule has 0 aromatic heterocycles. The minimum Gasteiger partial charge on any atom is -0.462 e. The van der Waals surface area contributed by atoms with Crippen LogP contribution in [0.1, 0.15) is 57.8 Å². The predicted molar refractivity (Wildman–Crippen MR) is 102 cm³/mol. The first-order valence-corrected chi connectivity index (χ1v) is 10.6. The van der Waals surface area contributed by atoms with Crippen molar-refractivity contribution in [3.63, 3.8) is 0 Å². The second kappa shape index (κ2) is 10.5. The van der Waals surface area contributed by atoms with Crippen molar-refractivity contribution < 1.29 is 28.1 Å². The highest BCUT2D eigenvalue weighted by molar-refractivity contribution is 7.54. The molecule has 0 fully saturated rings. The maximum atomic E-state index is 13.2. The molecule has 0 unspecified atom stereocenters. The zero-order chi connectivity index (χ0) is 20.6. The summed E-state index contributed by atoms with van der Waals surface area (Å²) in [5, 5.41) is 10.6. The molecule has 0 N–H and O–H groups in total. The molecule has 0 spiro atoms. The molecule has 0 saturated carbocycles. The highest BCUT2D eigenvalue weighted by Gasteiger charge is 2.36. The Balaban J connectivity index is 2.70. The van der Waals surface area contributed by atoms with Gasteiger partial charge >= 0.3 is 13.6 Å². The van der Waals surface area contributed by atoms with Crippen LogP contribution < -0.4 is 0 Å². The van der Waals surface area contributed by atoms with Gasteiger partial charge in [-0.1, -0.05) is 6.92 Å². The largest absolute Gasteiger partial charge is 0.462 e. The van der Waals surface area contributed by atoms with Crippen molar-refractivity contribution >= 4 is 19.3 Å². The van der Waals surface area contributed by atoms with Crippen molar-refractivity contribution in [3.05, 3.63) is 39.9 Å². The van der Waals surface area contributed by atoms with E-state index in [4.69, 9.17) is 13.8 Å². The summed E-state index contributed by atoms with van der Waals surface area (Å²) in [6.45, 7) is 9.08. The van der Waals surface area contributed by atoms with E-state index in [9.17, 15) is 19.5 Å². The van der Waals surface area contributed by atoms with Crippen molar-refractivity contribution in [2.24, 2.45) is 0 Å². The van der Waals surface area contributed by atoms with Gasteiger partial charge in [0.2, 0.25) is 0 Å². The van der Waals surface area contributed by atoms with Crippen LogP contribution in [0, 0.1) is 10.1 Å². The molecule has 0 radical (unpaired) electrons. The molecular weight excluding hydrogens is 373 g/mol. The summed E-state index contributed by atoms with van der Waals surface area (Å²) in [6.07, 6.45) is 0.357. The molecule has 0 aliphatic heterocycles. The summed E-state index contributed by atoms with van der Waals surface area (Å²) in [6, 6.07) is 5.16. The van der Waals surface area contributed by atoms with Gasteiger partial charge in [0, 0.05) is 12.1 Å². The summed E-state index contributed by atoms with van der Waals surface area (Å²) in [7, 11) is -3.36. The number of non-ortho nitro benzene ring substituents is 1. The van der Waals surface area contributed by atoms with E-state index in [0.29, 0.717) is 12.8 Å². The predicted octanol–water partition coefficient (Wildman–Crippen LogP) is 4.96. The number of carbonyl (C=O) groups excluding carboxylic acids is 1. The summed E-state index contributed by atoms with van der Waals surface area (Å²) in [5.41, 5.74) is -0.282. The number of hydrogen-bond acceptors (Lipinski definition) is 7. The average Bonchev–Trinajstić information content (AvgIpc) is 2.56. The minimum atomic E-state index is -3.36. The standard InChI is InChI=1S/C18H28NO7P/c1-6-17(27(23,25-13(2)3)26-14(4)5)11-12-24-18(20)15-7-9-16(10-8-15)19(21)22/h7-10,13-14,17H,6,11-12H2,1-5H3/t17-/m1/s1. The van der Waals surface area contributed by atoms with Crippen molar-refractivity contribution in [3.8, 4) is 0 Å². The molecule has 1 atom stereocenters. The molecule has 27 heavy (non-hydrogen) atoms. The van der Waals surface area contributed by atoms with Crippen LogP contribution in [0.2, 0.25) is 0 Å². The third-order valence-electron chi connectivity index (χ3n) is 3.63. The van der Waals surface area contributed by atoms with Gasteiger partial charge in [-0.15, -0.1) is 0 Å². The second-order valence-corrected chi connectivity index (χ2v) is 8.87. The molecule has 1 aromatic rings. The van der Waals surface area contributed by atoms with E-state index in [1.165, 1.54) is 24.3 Å². The SMILES string of the molecule is CC[C@H](CCOC(=O)c1ccc([N+](=O)[O-])cc1)P(=O)(OC(C)C)OC(C)C. The maximum Gasteiger partial charge on any atom is 0.338 e. The highest BCUT2D eigenvalue weighted by atomic mass is 31.2. The van der Waals surface area contributed by atoms with E-state index in [-0.39, 0.29) is 30.1 Å². The van der Waals surface area contributed by atoms with Crippen LogP contribution in [0.3, 0.4) is 0 Å². The van der Waals surface area contributed by atoms with Gasteiger partial charge in [-0.25, -0.2) is 4.79 Å². The summed E-state index contributed by atoms with van der Waals surface area (Å²) >= 11 is 0. The number of benzene rings is 1. The molecule has 9 heteroatoms. The van der Waals surface area contributed by atoms with Crippen molar-refractivity contribution in [1.29, 1.82) is 0 Å². The molecule has 1 rings (SSSR count). The van der Waals surface area contributed by atoms with E-state index in [2.05, 4.69) is 0 Å². The van der Waals surface area contributed by atoms with Gasteiger partial charge < -0.3 is 13.8 Å². The van der Waals surface area contributed by atoms with Gasteiger partial charge in [0.05, 0.1) is 35.0 Å². The van der Waals surface area contributed by atoms with Crippen LogP contribution >= 0.6 is 7.60 Å². The van der Waals surface area contributed by atoms with Gasteiger partial charge in [-0.05, 0) is 52.7 Å². The number of nitrogens with zero attached hydrogens (tertiary/aromatic N) is 1. The molecule has 0 saturated heterocycles. The fraction of sp³-hybridized carbons (Fsp3) is 0.611. The van der Waals surface area contributed by atoms with E-state index >= 15 is 0 Å². The fourth-order valence-electron chi connectivity index (χ4n) is 2.46. The first-order chi connectivity index (χ1) is 12.6. The van der Waals surface area contributed by atoms with Crippen LogP contribution in [0.5, 0.6) is 0 Å². The summed E-state index contributed by atoms with van der Waals surface area (Å²) in [5.74, 6) is -0.593. The number of esters is 1.